The van der Waals surface area contributed by atoms with Crippen LogP contribution in [0.3, 0.4) is 0 Å². The van der Waals surface area contributed by atoms with Gasteiger partial charge in [0, 0.05) is 33.6 Å². The van der Waals surface area contributed by atoms with Crippen LogP contribution in [-0.2, 0) is 4.79 Å². The smallest absolute Gasteiger partial charge is 0.224 e. The van der Waals surface area contributed by atoms with E-state index in [0.29, 0.717) is 10.6 Å². The standard InChI is InChI=1S/C17H15BrClNO2/c1-11-10-14(6-7-15(11)18)20-17(22)9-8-16(21)12-2-4-13(19)5-3-12/h2-7,10H,8-9H2,1H3,(H,20,22). The van der Waals surface area contributed by atoms with Crippen LogP contribution in [-0.4, -0.2) is 11.7 Å². The van der Waals surface area contributed by atoms with E-state index in [2.05, 4.69) is 21.2 Å². The highest BCUT2D eigenvalue weighted by molar-refractivity contribution is 9.10. The third kappa shape index (κ3) is 4.68. The zero-order valence-electron chi connectivity index (χ0n) is 12.0. The van der Waals surface area contributed by atoms with E-state index >= 15 is 0 Å². The van der Waals surface area contributed by atoms with Crippen molar-refractivity contribution in [3.63, 3.8) is 0 Å². The number of nitrogens with one attached hydrogen (secondary N) is 1. The fraction of sp³-hybridized carbons (Fsp3) is 0.176. The highest BCUT2D eigenvalue weighted by Gasteiger charge is 2.10. The first-order chi connectivity index (χ1) is 10.5. The van der Waals surface area contributed by atoms with E-state index in [1.165, 1.54) is 0 Å². The molecule has 0 radical (unpaired) electrons. The number of hydrogen-bond donors (Lipinski definition) is 1. The van der Waals surface area contributed by atoms with Crippen LogP contribution < -0.4 is 5.32 Å². The Balaban J connectivity index is 1.88. The summed E-state index contributed by atoms with van der Waals surface area (Å²) in [5.74, 6) is -0.247. The van der Waals surface area contributed by atoms with Gasteiger partial charge in [0.05, 0.1) is 0 Å². The van der Waals surface area contributed by atoms with E-state index in [9.17, 15) is 9.59 Å². The molecule has 2 aromatic rings. The van der Waals surface area contributed by atoms with Gasteiger partial charge < -0.3 is 5.32 Å². The summed E-state index contributed by atoms with van der Waals surface area (Å²) in [7, 11) is 0. The number of amides is 1. The number of ketones is 1. The zero-order chi connectivity index (χ0) is 16.1. The lowest BCUT2D eigenvalue weighted by molar-refractivity contribution is -0.116. The number of Topliss-reactive ketones (excluding diaryl/α,β-unsaturated/α-hetero) is 1. The Kier molecular flexibility index (Phi) is 5.75. The average molecular weight is 381 g/mol. The first-order valence-corrected chi connectivity index (χ1v) is 7.97. The van der Waals surface area contributed by atoms with Crippen LogP contribution in [0, 0.1) is 6.92 Å². The minimum absolute atomic E-state index is 0.0706. The van der Waals surface area contributed by atoms with Crippen LogP contribution >= 0.6 is 27.5 Å². The van der Waals surface area contributed by atoms with Crippen LogP contribution in [0.1, 0.15) is 28.8 Å². The Morgan fingerprint density at radius 2 is 1.77 bits per heavy atom. The van der Waals surface area contributed by atoms with Gasteiger partial charge in [-0.2, -0.15) is 0 Å². The highest BCUT2D eigenvalue weighted by atomic mass is 79.9. The molecular weight excluding hydrogens is 366 g/mol. The summed E-state index contributed by atoms with van der Waals surface area (Å²) < 4.78 is 0.989. The van der Waals surface area contributed by atoms with Gasteiger partial charge in [0.15, 0.2) is 5.78 Å². The maximum Gasteiger partial charge on any atom is 0.224 e. The van der Waals surface area contributed by atoms with E-state index in [1.807, 2.05) is 25.1 Å². The van der Waals surface area contributed by atoms with E-state index in [-0.39, 0.29) is 24.5 Å². The fourth-order valence-corrected chi connectivity index (χ4v) is 2.33. The second-order valence-corrected chi connectivity index (χ2v) is 6.23. The lowest BCUT2D eigenvalue weighted by atomic mass is 10.1. The summed E-state index contributed by atoms with van der Waals surface area (Å²) in [6.45, 7) is 1.95. The number of carbonyl (C=O) groups is 2. The monoisotopic (exact) mass is 379 g/mol. The van der Waals surface area contributed by atoms with E-state index in [1.54, 1.807) is 24.3 Å². The van der Waals surface area contributed by atoms with Crippen molar-refractivity contribution < 1.29 is 9.59 Å². The second kappa shape index (κ2) is 7.56. The summed E-state index contributed by atoms with van der Waals surface area (Å²) >= 11 is 9.19. The summed E-state index contributed by atoms with van der Waals surface area (Å²) in [6, 6.07) is 12.2. The Morgan fingerprint density at radius 3 is 2.41 bits per heavy atom. The van der Waals surface area contributed by atoms with Gasteiger partial charge in [-0.05, 0) is 55.0 Å². The highest BCUT2D eigenvalue weighted by Crippen LogP contribution is 2.20. The number of benzene rings is 2. The molecule has 0 saturated heterocycles. The third-order valence-corrected chi connectivity index (χ3v) is 4.33. The summed E-state index contributed by atoms with van der Waals surface area (Å²) in [4.78, 5) is 23.9. The van der Waals surface area contributed by atoms with Gasteiger partial charge in [0.25, 0.3) is 0 Å². The Hall–Kier alpha value is -1.65. The summed E-state index contributed by atoms with van der Waals surface area (Å²) in [5.41, 5.74) is 2.33. The number of halogens is 2. The van der Waals surface area contributed by atoms with Crippen LogP contribution in [0.2, 0.25) is 5.02 Å². The fourth-order valence-electron chi connectivity index (χ4n) is 1.95. The van der Waals surface area contributed by atoms with Crippen molar-refractivity contribution in [3.05, 3.63) is 63.1 Å². The van der Waals surface area contributed by atoms with Gasteiger partial charge in [-0.1, -0.05) is 27.5 Å². The predicted molar refractivity (Wildman–Crippen MR) is 92.5 cm³/mol. The molecule has 0 aliphatic carbocycles. The molecule has 1 amide bonds. The Bertz CT molecular complexity index is 698. The van der Waals surface area contributed by atoms with Crippen molar-refractivity contribution in [1.82, 2.24) is 0 Å². The maximum atomic E-state index is 12.0. The lowest BCUT2D eigenvalue weighted by Crippen LogP contribution is -2.13. The van der Waals surface area contributed by atoms with Crippen molar-refractivity contribution >= 4 is 44.9 Å². The predicted octanol–water partition coefficient (Wildman–Crippen LogP) is 5.01. The molecule has 0 aromatic heterocycles. The minimum atomic E-state index is -0.177. The second-order valence-electron chi connectivity index (χ2n) is 4.94. The molecule has 22 heavy (non-hydrogen) atoms. The molecule has 0 aliphatic heterocycles. The molecular formula is C17H15BrClNO2. The molecule has 1 N–H and O–H groups in total. The zero-order valence-corrected chi connectivity index (χ0v) is 14.4. The topological polar surface area (TPSA) is 46.2 Å². The number of carbonyl (C=O) groups excluding carboxylic acids is 2. The SMILES string of the molecule is Cc1cc(NC(=O)CCC(=O)c2ccc(Cl)cc2)ccc1Br. The molecule has 3 nitrogen and oxygen atoms in total. The van der Waals surface area contributed by atoms with Crippen molar-refractivity contribution in [1.29, 1.82) is 0 Å². The van der Waals surface area contributed by atoms with Gasteiger partial charge >= 0.3 is 0 Å². The first-order valence-electron chi connectivity index (χ1n) is 6.80. The first kappa shape index (κ1) is 16.7. The number of anilines is 1. The molecule has 0 aliphatic rings. The molecule has 0 unspecified atom stereocenters. The van der Waals surface area contributed by atoms with E-state index in [0.717, 1.165) is 15.7 Å². The Morgan fingerprint density at radius 1 is 1.09 bits per heavy atom. The van der Waals surface area contributed by atoms with Gasteiger partial charge in [-0.25, -0.2) is 0 Å². The molecule has 0 atom stereocenters. The minimum Gasteiger partial charge on any atom is -0.326 e. The average Bonchev–Trinajstić information content (AvgIpc) is 2.49. The van der Waals surface area contributed by atoms with Crippen molar-refractivity contribution in [3.8, 4) is 0 Å². The molecule has 0 spiro atoms. The van der Waals surface area contributed by atoms with E-state index < -0.39 is 0 Å². The van der Waals surface area contributed by atoms with Crippen LogP contribution in [0.5, 0.6) is 0 Å². The largest absolute Gasteiger partial charge is 0.326 e. The normalized spacial score (nSPS) is 10.3. The van der Waals surface area contributed by atoms with Gasteiger partial charge in [-0.15, -0.1) is 0 Å². The van der Waals surface area contributed by atoms with Gasteiger partial charge in [0.1, 0.15) is 0 Å². The number of rotatable bonds is 5. The number of hydrogen-bond acceptors (Lipinski definition) is 2. The van der Waals surface area contributed by atoms with Crippen LogP contribution in [0.4, 0.5) is 5.69 Å². The molecule has 0 saturated carbocycles. The quantitative estimate of drug-likeness (QED) is 0.741. The lowest BCUT2D eigenvalue weighted by Gasteiger charge is -2.07. The summed E-state index contributed by atoms with van der Waals surface area (Å²) in [5, 5.41) is 3.38. The molecule has 5 heteroatoms. The molecule has 0 bridgehead atoms. The van der Waals surface area contributed by atoms with Gasteiger partial charge in [-0.3, -0.25) is 9.59 Å². The van der Waals surface area contributed by atoms with Crippen LogP contribution in [0.15, 0.2) is 46.9 Å². The number of aryl methyl sites for hydroxylation is 1. The molecule has 2 rings (SSSR count). The molecule has 0 fully saturated rings. The molecule has 2 aromatic carbocycles. The summed E-state index contributed by atoms with van der Waals surface area (Å²) in [6.07, 6.45) is 0.319. The molecule has 0 heterocycles. The van der Waals surface area contributed by atoms with Crippen LogP contribution in [0.25, 0.3) is 0 Å². The van der Waals surface area contributed by atoms with Crippen molar-refractivity contribution in [2.24, 2.45) is 0 Å². The van der Waals surface area contributed by atoms with Crippen molar-refractivity contribution in [2.45, 2.75) is 19.8 Å². The van der Waals surface area contributed by atoms with E-state index in [4.69, 9.17) is 11.6 Å². The van der Waals surface area contributed by atoms with Gasteiger partial charge in [0.2, 0.25) is 5.91 Å². The molecule has 114 valence electrons. The third-order valence-electron chi connectivity index (χ3n) is 3.19. The maximum absolute atomic E-state index is 12.0. The Labute approximate surface area is 142 Å². The van der Waals surface area contributed by atoms with Crippen molar-refractivity contribution in [2.75, 3.05) is 5.32 Å².